The zero-order valence-corrected chi connectivity index (χ0v) is 7.79. The van der Waals surface area contributed by atoms with E-state index in [0.29, 0.717) is 6.04 Å². The number of amides is 1. The Morgan fingerprint density at radius 2 is 2.09 bits per heavy atom. The molecule has 2 heteroatoms. The molecule has 0 aromatic carbocycles. The molecule has 0 atom stereocenters. The van der Waals surface area contributed by atoms with Crippen molar-refractivity contribution in [3.63, 3.8) is 0 Å². The molecule has 0 bridgehead atoms. The molecular formula is C9H17NO. The van der Waals surface area contributed by atoms with Gasteiger partial charge in [-0.2, -0.15) is 0 Å². The number of hydrogen-bond acceptors (Lipinski definition) is 1. The SMILES string of the molecule is C/C=C\C(=O)N(CC)C(C)C. The first kappa shape index (κ1) is 10.2. The van der Waals surface area contributed by atoms with Crippen LogP contribution < -0.4 is 0 Å². The number of likely N-dealkylation sites (N-methyl/N-ethyl adjacent to an activating group) is 1. The molecule has 2 nitrogen and oxygen atoms in total. The maximum atomic E-state index is 11.3. The first-order valence-corrected chi connectivity index (χ1v) is 4.06. The van der Waals surface area contributed by atoms with Gasteiger partial charge in [0.1, 0.15) is 0 Å². The summed E-state index contributed by atoms with van der Waals surface area (Å²) in [6.07, 6.45) is 3.37. The fraction of sp³-hybridized carbons (Fsp3) is 0.667. The summed E-state index contributed by atoms with van der Waals surface area (Å²) in [6, 6.07) is 0.295. The lowest BCUT2D eigenvalue weighted by atomic mass is 10.3. The van der Waals surface area contributed by atoms with Crippen LogP contribution in [0.3, 0.4) is 0 Å². The number of carbonyl (C=O) groups excluding carboxylic acids is 1. The fourth-order valence-corrected chi connectivity index (χ4v) is 1.01. The molecule has 0 N–H and O–H groups in total. The summed E-state index contributed by atoms with van der Waals surface area (Å²) < 4.78 is 0. The smallest absolute Gasteiger partial charge is 0.246 e. The Morgan fingerprint density at radius 3 is 2.36 bits per heavy atom. The predicted molar refractivity (Wildman–Crippen MR) is 47.3 cm³/mol. The van der Waals surface area contributed by atoms with Crippen LogP contribution in [0, 0.1) is 0 Å². The summed E-state index contributed by atoms with van der Waals surface area (Å²) in [6.45, 7) is 8.66. The average Bonchev–Trinajstić information content (AvgIpc) is 1.88. The Balaban J connectivity index is 4.14. The third kappa shape index (κ3) is 3.21. The molecular weight excluding hydrogens is 138 g/mol. The summed E-state index contributed by atoms with van der Waals surface area (Å²) in [5.41, 5.74) is 0. The van der Waals surface area contributed by atoms with Crippen molar-refractivity contribution < 1.29 is 4.79 Å². The molecule has 0 aliphatic carbocycles. The molecule has 0 aromatic rings. The van der Waals surface area contributed by atoms with Crippen LogP contribution in [0.25, 0.3) is 0 Å². The lowest BCUT2D eigenvalue weighted by molar-refractivity contribution is -0.127. The first-order chi connectivity index (χ1) is 5.13. The molecule has 0 aliphatic heterocycles. The van der Waals surface area contributed by atoms with Gasteiger partial charge in [-0.05, 0) is 33.8 Å². The van der Waals surface area contributed by atoms with Crippen molar-refractivity contribution in [2.75, 3.05) is 6.54 Å². The number of allylic oxidation sites excluding steroid dienone is 1. The van der Waals surface area contributed by atoms with Crippen molar-refractivity contribution in [1.82, 2.24) is 4.90 Å². The largest absolute Gasteiger partial charge is 0.337 e. The molecule has 0 saturated carbocycles. The second kappa shape index (κ2) is 4.94. The van der Waals surface area contributed by atoms with E-state index in [9.17, 15) is 4.79 Å². The number of rotatable bonds is 3. The van der Waals surface area contributed by atoms with Gasteiger partial charge in [-0.15, -0.1) is 0 Å². The first-order valence-electron chi connectivity index (χ1n) is 4.06. The van der Waals surface area contributed by atoms with Gasteiger partial charge in [0.2, 0.25) is 5.91 Å². The van der Waals surface area contributed by atoms with Gasteiger partial charge in [0.15, 0.2) is 0 Å². The molecule has 1 amide bonds. The van der Waals surface area contributed by atoms with Crippen LogP contribution >= 0.6 is 0 Å². The minimum absolute atomic E-state index is 0.102. The van der Waals surface area contributed by atoms with Crippen LogP contribution in [-0.2, 0) is 4.79 Å². The Kier molecular flexibility index (Phi) is 4.59. The third-order valence-electron chi connectivity index (χ3n) is 1.56. The van der Waals surface area contributed by atoms with Gasteiger partial charge < -0.3 is 4.90 Å². The van der Waals surface area contributed by atoms with Crippen molar-refractivity contribution in [2.45, 2.75) is 33.7 Å². The van der Waals surface area contributed by atoms with E-state index in [-0.39, 0.29) is 5.91 Å². The van der Waals surface area contributed by atoms with Crippen LogP contribution in [0.2, 0.25) is 0 Å². The molecule has 0 rings (SSSR count). The maximum Gasteiger partial charge on any atom is 0.246 e. The molecule has 0 heterocycles. The summed E-state index contributed by atoms with van der Waals surface area (Å²) in [5.74, 6) is 0.102. The molecule has 0 spiro atoms. The minimum Gasteiger partial charge on any atom is -0.337 e. The Bertz CT molecular complexity index is 150. The van der Waals surface area contributed by atoms with Crippen LogP contribution in [-0.4, -0.2) is 23.4 Å². The zero-order valence-electron chi connectivity index (χ0n) is 7.79. The van der Waals surface area contributed by atoms with Crippen LogP contribution in [0.5, 0.6) is 0 Å². The van der Waals surface area contributed by atoms with Crippen LogP contribution in [0.4, 0.5) is 0 Å². The molecule has 0 fully saturated rings. The highest BCUT2D eigenvalue weighted by Crippen LogP contribution is 1.98. The van der Waals surface area contributed by atoms with Gasteiger partial charge in [0, 0.05) is 12.6 Å². The highest BCUT2D eigenvalue weighted by molar-refractivity contribution is 5.87. The van der Waals surface area contributed by atoms with Gasteiger partial charge in [0.05, 0.1) is 0 Å². The molecule has 0 unspecified atom stereocenters. The van der Waals surface area contributed by atoms with Crippen molar-refractivity contribution in [3.05, 3.63) is 12.2 Å². The Labute approximate surface area is 68.9 Å². The summed E-state index contributed by atoms with van der Waals surface area (Å²) in [7, 11) is 0. The fourth-order valence-electron chi connectivity index (χ4n) is 1.01. The highest BCUT2D eigenvalue weighted by atomic mass is 16.2. The second-order valence-electron chi connectivity index (χ2n) is 2.72. The van der Waals surface area contributed by atoms with E-state index in [1.165, 1.54) is 0 Å². The maximum absolute atomic E-state index is 11.3. The molecule has 0 aliphatic rings. The average molecular weight is 155 g/mol. The molecule has 0 saturated heterocycles. The van der Waals surface area contributed by atoms with E-state index in [1.54, 1.807) is 12.2 Å². The summed E-state index contributed by atoms with van der Waals surface area (Å²) in [4.78, 5) is 13.1. The van der Waals surface area contributed by atoms with Crippen molar-refractivity contribution in [3.8, 4) is 0 Å². The van der Waals surface area contributed by atoms with Gasteiger partial charge in [0.25, 0.3) is 0 Å². The van der Waals surface area contributed by atoms with Gasteiger partial charge in [-0.3, -0.25) is 4.79 Å². The molecule has 11 heavy (non-hydrogen) atoms. The zero-order chi connectivity index (χ0) is 8.85. The standard InChI is InChI=1S/C9H17NO/c1-5-7-9(11)10(6-2)8(3)4/h5,7-8H,6H2,1-4H3/b7-5-. The lowest BCUT2D eigenvalue weighted by Crippen LogP contribution is -2.35. The predicted octanol–water partition coefficient (Wildman–Crippen LogP) is 1.82. The van der Waals surface area contributed by atoms with E-state index in [4.69, 9.17) is 0 Å². The van der Waals surface area contributed by atoms with Crippen molar-refractivity contribution in [1.29, 1.82) is 0 Å². The van der Waals surface area contributed by atoms with E-state index >= 15 is 0 Å². The Morgan fingerprint density at radius 1 is 1.55 bits per heavy atom. The molecule has 0 radical (unpaired) electrons. The van der Waals surface area contributed by atoms with Crippen LogP contribution in [0.1, 0.15) is 27.7 Å². The van der Waals surface area contributed by atoms with E-state index < -0.39 is 0 Å². The minimum atomic E-state index is 0.102. The van der Waals surface area contributed by atoms with Crippen molar-refractivity contribution in [2.24, 2.45) is 0 Å². The summed E-state index contributed by atoms with van der Waals surface area (Å²) >= 11 is 0. The van der Waals surface area contributed by atoms with E-state index in [2.05, 4.69) is 0 Å². The molecule has 64 valence electrons. The quantitative estimate of drug-likeness (QED) is 0.569. The van der Waals surface area contributed by atoms with E-state index in [0.717, 1.165) is 6.54 Å². The molecule has 0 aromatic heterocycles. The number of carbonyl (C=O) groups is 1. The Hall–Kier alpha value is -0.790. The highest BCUT2D eigenvalue weighted by Gasteiger charge is 2.10. The topological polar surface area (TPSA) is 20.3 Å². The van der Waals surface area contributed by atoms with Gasteiger partial charge in [-0.1, -0.05) is 6.08 Å². The van der Waals surface area contributed by atoms with Crippen molar-refractivity contribution >= 4 is 5.91 Å². The second-order valence-corrected chi connectivity index (χ2v) is 2.72. The van der Waals surface area contributed by atoms with E-state index in [1.807, 2.05) is 32.6 Å². The van der Waals surface area contributed by atoms with Gasteiger partial charge >= 0.3 is 0 Å². The third-order valence-corrected chi connectivity index (χ3v) is 1.56. The normalized spacial score (nSPS) is 11.0. The van der Waals surface area contributed by atoms with Crippen LogP contribution in [0.15, 0.2) is 12.2 Å². The summed E-state index contributed by atoms with van der Waals surface area (Å²) in [5, 5.41) is 0. The monoisotopic (exact) mass is 155 g/mol. The number of nitrogens with zero attached hydrogens (tertiary/aromatic N) is 1. The van der Waals surface area contributed by atoms with Gasteiger partial charge in [-0.25, -0.2) is 0 Å². The number of hydrogen-bond donors (Lipinski definition) is 0. The lowest BCUT2D eigenvalue weighted by Gasteiger charge is -2.23.